The molecule has 2 N–H and O–H groups in total. The number of halogens is 1. The largest absolute Gasteiger partial charge is 0.378 e. The zero-order valence-electron chi connectivity index (χ0n) is 7.53. The smallest absolute Gasteiger partial charge is 0.250 e. The van der Waals surface area contributed by atoms with Gasteiger partial charge in [0.2, 0.25) is 0 Å². The van der Waals surface area contributed by atoms with Gasteiger partial charge in [-0.2, -0.15) is 4.99 Å². The lowest BCUT2D eigenvalue weighted by Gasteiger charge is -1.98. The molecule has 1 amide bonds. The maximum absolute atomic E-state index is 10.9. The number of amidine groups is 1. The van der Waals surface area contributed by atoms with Gasteiger partial charge >= 0.3 is 0 Å². The van der Waals surface area contributed by atoms with E-state index in [1.807, 2.05) is 6.92 Å². The number of aliphatic imine (C=N–C) groups is 1. The summed E-state index contributed by atoms with van der Waals surface area (Å²) < 4.78 is 0. The summed E-state index contributed by atoms with van der Waals surface area (Å²) in [6.07, 6.45) is 0. The summed E-state index contributed by atoms with van der Waals surface area (Å²) in [5.74, 6) is 0.634. The fourth-order valence-corrected chi connectivity index (χ4v) is 0.868. The van der Waals surface area contributed by atoms with Gasteiger partial charge in [-0.25, -0.2) is 0 Å². The molecule has 0 atom stereocenters. The van der Waals surface area contributed by atoms with E-state index in [0.29, 0.717) is 5.17 Å². The first-order valence-corrected chi connectivity index (χ1v) is 4.57. The molecule has 0 rings (SSSR count). The highest BCUT2D eigenvalue weighted by molar-refractivity contribution is 8.93. The third-order valence-electron chi connectivity index (χ3n) is 1.01. The van der Waals surface area contributed by atoms with Gasteiger partial charge in [0.1, 0.15) is 0 Å². The van der Waals surface area contributed by atoms with Gasteiger partial charge in [0.15, 0.2) is 5.17 Å². The number of hydrogen-bond donors (Lipinski definition) is 1. The molecular formula is C7H15BrN2OS. The van der Waals surface area contributed by atoms with E-state index in [2.05, 4.69) is 4.99 Å². The van der Waals surface area contributed by atoms with Gasteiger partial charge in [-0.1, -0.05) is 32.5 Å². The van der Waals surface area contributed by atoms with E-state index in [-0.39, 0.29) is 28.8 Å². The van der Waals surface area contributed by atoms with Gasteiger partial charge < -0.3 is 5.73 Å². The van der Waals surface area contributed by atoms with Crippen molar-refractivity contribution in [1.29, 1.82) is 0 Å². The maximum Gasteiger partial charge on any atom is 0.250 e. The predicted octanol–water partition coefficient (Wildman–Crippen LogP) is 1.81. The van der Waals surface area contributed by atoms with Gasteiger partial charge in [0, 0.05) is 5.92 Å². The van der Waals surface area contributed by atoms with Crippen molar-refractivity contribution in [2.45, 2.75) is 20.8 Å². The second-order valence-electron chi connectivity index (χ2n) is 2.38. The molecule has 0 aliphatic carbocycles. The van der Waals surface area contributed by atoms with Crippen LogP contribution in [-0.4, -0.2) is 16.8 Å². The van der Waals surface area contributed by atoms with Gasteiger partial charge in [0.25, 0.3) is 5.91 Å². The van der Waals surface area contributed by atoms with Crippen LogP contribution in [0.3, 0.4) is 0 Å². The average Bonchev–Trinajstić information content (AvgIpc) is 1.87. The lowest BCUT2D eigenvalue weighted by molar-refractivity contribution is -0.120. The molecule has 0 radical (unpaired) electrons. The van der Waals surface area contributed by atoms with Crippen LogP contribution in [0.25, 0.3) is 0 Å². The number of thioether (sulfide) groups is 1. The van der Waals surface area contributed by atoms with Crippen molar-refractivity contribution in [3.05, 3.63) is 0 Å². The molecule has 0 fully saturated rings. The monoisotopic (exact) mass is 254 g/mol. The van der Waals surface area contributed by atoms with Crippen LogP contribution in [0, 0.1) is 5.92 Å². The second-order valence-corrected chi connectivity index (χ2v) is 3.66. The standard InChI is InChI=1S/C7H14N2OS.BrH/c1-4-11-7(8)9-6(10)5(2)3;/h5H,4H2,1-3H3,(H2,8,9,10);1H. The van der Waals surface area contributed by atoms with Crippen molar-refractivity contribution in [2.24, 2.45) is 16.6 Å². The SMILES string of the molecule is Br.CCSC(N)=NC(=O)C(C)C. The number of carbonyl (C=O) groups is 1. The Morgan fingerprint density at radius 1 is 1.58 bits per heavy atom. The second kappa shape index (κ2) is 7.61. The maximum atomic E-state index is 10.9. The minimum atomic E-state index is -0.150. The van der Waals surface area contributed by atoms with Crippen LogP contribution >= 0.6 is 28.7 Å². The number of hydrogen-bond acceptors (Lipinski definition) is 2. The highest BCUT2D eigenvalue weighted by atomic mass is 79.9. The molecule has 0 aliphatic heterocycles. The van der Waals surface area contributed by atoms with E-state index in [0.717, 1.165) is 5.75 Å². The summed E-state index contributed by atoms with van der Waals surface area (Å²) in [5, 5.41) is 0.367. The fraction of sp³-hybridized carbons (Fsp3) is 0.714. The van der Waals surface area contributed by atoms with E-state index in [1.165, 1.54) is 11.8 Å². The molecule has 0 bridgehead atoms. The van der Waals surface area contributed by atoms with Crippen molar-refractivity contribution in [3.8, 4) is 0 Å². The third kappa shape index (κ3) is 6.67. The first-order valence-electron chi connectivity index (χ1n) is 3.58. The van der Waals surface area contributed by atoms with Crippen LogP contribution in [0.15, 0.2) is 4.99 Å². The van der Waals surface area contributed by atoms with Crippen LogP contribution < -0.4 is 5.73 Å². The van der Waals surface area contributed by atoms with E-state index >= 15 is 0 Å². The zero-order valence-corrected chi connectivity index (χ0v) is 10.1. The molecule has 0 unspecified atom stereocenters. The predicted molar refractivity (Wildman–Crippen MR) is 59.9 cm³/mol. The number of rotatable bonds is 2. The lowest BCUT2D eigenvalue weighted by Crippen LogP contribution is -2.13. The Hall–Kier alpha value is -0.0300. The summed E-state index contributed by atoms with van der Waals surface area (Å²) in [4.78, 5) is 14.6. The number of nitrogens with two attached hydrogens (primary N) is 1. The quantitative estimate of drug-likeness (QED) is 0.604. The Morgan fingerprint density at radius 3 is 2.42 bits per heavy atom. The van der Waals surface area contributed by atoms with Gasteiger partial charge in [-0.15, -0.1) is 17.0 Å². The van der Waals surface area contributed by atoms with Gasteiger partial charge in [0.05, 0.1) is 0 Å². The fourth-order valence-electron chi connectivity index (χ4n) is 0.418. The summed E-state index contributed by atoms with van der Waals surface area (Å²) in [7, 11) is 0. The Bertz CT molecular complexity index is 171. The molecule has 72 valence electrons. The first kappa shape index (κ1) is 14.5. The molecule has 12 heavy (non-hydrogen) atoms. The minimum absolute atomic E-state index is 0. The summed E-state index contributed by atoms with van der Waals surface area (Å²) in [6, 6.07) is 0. The molecule has 0 aromatic rings. The molecule has 0 spiro atoms. The average molecular weight is 255 g/mol. The normalized spacial score (nSPS) is 11.2. The Balaban J connectivity index is 0. The molecule has 0 saturated heterocycles. The van der Waals surface area contributed by atoms with Gasteiger partial charge in [-0.3, -0.25) is 4.79 Å². The molecule has 3 nitrogen and oxygen atoms in total. The van der Waals surface area contributed by atoms with Crippen LogP contribution in [-0.2, 0) is 4.79 Å². The van der Waals surface area contributed by atoms with E-state index < -0.39 is 0 Å². The number of carbonyl (C=O) groups excluding carboxylic acids is 1. The molecule has 5 heteroatoms. The Labute approximate surface area is 88.0 Å². The lowest BCUT2D eigenvalue weighted by atomic mass is 10.2. The van der Waals surface area contributed by atoms with Crippen molar-refractivity contribution < 1.29 is 4.79 Å². The van der Waals surface area contributed by atoms with Gasteiger partial charge in [-0.05, 0) is 5.75 Å². The van der Waals surface area contributed by atoms with E-state index in [9.17, 15) is 4.79 Å². The highest BCUT2D eigenvalue weighted by Crippen LogP contribution is 2.01. The Morgan fingerprint density at radius 2 is 2.08 bits per heavy atom. The minimum Gasteiger partial charge on any atom is -0.378 e. The molecule has 0 heterocycles. The highest BCUT2D eigenvalue weighted by Gasteiger charge is 2.05. The van der Waals surface area contributed by atoms with Crippen LogP contribution in [0.2, 0.25) is 0 Å². The Kier molecular flexibility index (Phi) is 9.19. The van der Waals surface area contributed by atoms with Crippen LogP contribution in [0.1, 0.15) is 20.8 Å². The van der Waals surface area contributed by atoms with Crippen LogP contribution in [0.4, 0.5) is 0 Å². The third-order valence-corrected chi connectivity index (χ3v) is 1.68. The van der Waals surface area contributed by atoms with Crippen molar-refractivity contribution >= 4 is 39.8 Å². The van der Waals surface area contributed by atoms with Crippen LogP contribution in [0.5, 0.6) is 0 Å². The summed E-state index contributed by atoms with van der Waals surface area (Å²) in [6.45, 7) is 5.57. The summed E-state index contributed by atoms with van der Waals surface area (Å²) >= 11 is 1.38. The summed E-state index contributed by atoms with van der Waals surface area (Å²) in [5.41, 5.74) is 5.42. The first-order chi connectivity index (χ1) is 5.07. The number of amides is 1. The molecule has 0 aliphatic rings. The number of nitrogens with zero attached hydrogens (tertiary/aromatic N) is 1. The van der Waals surface area contributed by atoms with E-state index in [1.54, 1.807) is 13.8 Å². The topological polar surface area (TPSA) is 55.4 Å². The van der Waals surface area contributed by atoms with Crippen molar-refractivity contribution in [1.82, 2.24) is 0 Å². The van der Waals surface area contributed by atoms with E-state index in [4.69, 9.17) is 5.73 Å². The molecule has 0 saturated carbocycles. The molecular weight excluding hydrogens is 240 g/mol. The zero-order chi connectivity index (χ0) is 8.85. The van der Waals surface area contributed by atoms with Crippen molar-refractivity contribution in [2.75, 3.05) is 5.75 Å². The molecule has 0 aromatic carbocycles. The molecule has 0 aromatic heterocycles. The van der Waals surface area contributed by atoms with Crippen molar-refractivity contribution in [3.63, 3.8) is 0 Å².